The number of benzene rings is 1. The van der Waals surface area contributed by atoms with Gasteiger partial charge in [0.2, 0.25) is 5.91 Å². The molecule has 0 spiro atoms. The molecule has 152 valence electrons. The topological polar surface area (TPSA) is 59.0 Å². The summed E-state index contributed by atoms with van der Waals surface area (Å²) < 4.78 is 54.7. The molecule has 1 fully saturated rings. The summed E-state index contributed by atoms with van der Waals surface area (Å²) in [7, 11) is 0. The van der Waals surface area contributed by atoms with Crippen molar-refractivity contribution in [2.75, 3.05) is 0 Å². The van der Waals surface area contributed by atoms with E-state index in [0.29, 0.717) is 11.8 Å². The molecule has 0 aliphatic carbocycles. The number of nitrogens with one attached hydrogen (secondary N) is 2. The summed E-state index contributed by atoms with van der Waals surface area (Å²) in [6.45, 7) is 5.53. The SMILES string of the molecule is CC1NC(=O)CC(c2cn(C(c3ccc(C(F)(F)F)cc3F)C(C)C)cn2)N1. The molecule has 1 aromatic carbocycles. The van der Waals surface area contributed by atoms with E-state index in [0.717, 1.165) is 6.07 Å². The number of hydrogen-bond acceptors (Lipinski definition) is 3. The summed E-state index contributed by atoms with van der Waals surface area (Å²) in [6.07, 6.45) is -1.34. The van der Waals surface area contributed by atoms with Gasteiger partial charge in [-0.05, 0) is 25.0 Å². The minimum atomic E-state index is -4.60. The Kier molecular flexibility index (Phi) is 5.47. The van der Waals surface area contributed by atoms with Crippen LogP contribution in [-0.2, 0) is 11.0 Å². The van der Waals surface area contributed by atoms with Crippen LogP contribution in [0.1, 0.15) is 56.1 Å². The number of carbonyl (C=O) groups excluding carboxylic acids is 1. The second-order valence-corrected chi connectivity index (χ2v) is 7.38. The summed E-state index contributed by atoms with van der Waals surface area (Å²) in [5, 5.41) is 5.96. The fourth-order valence-corrected chi connectivity index (χ4v) is 3.57. The van der Waals surface area contributed by atoms with Crippen LogP contribution in [-0.4, -0.2) is 21.6 Å². The van der Waals surface area contributed by atoms with Crippen LogP contribution in [0.5, 0.6) is 0 Å². The molecule has 0 saturated carbocycles. The number of hydrogen-bond donors (Lipinski definition) is 2. The number of amides is 1. The zero-order valence-electron chi connectivity index (χ0n) is 15.7. The molecule has 0 bridgehead atoms. The molecule has 3 unspecified atom stereocenters. The van der Waals surface area contributed by atoms with Crippen LogP contribution in [0.2, 0.25) is 0 Å². The van der Waals surface area contributed by atoms with Crippen LogP contribution in [0, 0.1) is 11.7 Å². The van der Waals surface area contributed by atoms with E-state index in [1.54, 1.807) is 10.8 Å². The van der Waals surface area contributed by atoms with Gasteiger partial charge < -0.3 is 9.88 Å². The fourth-order valence-electron chi connectivity index (χ4n) is 3.57. The molecule has 28 heavy (non-hydrogen) atoms. The van der Waals surface area contributed by atoms with Crippen LogP contribution in [0.4, 0.5) is 17.6 Å². The summed E-state index contributed by atoms with van der Waals surface area (Å²) in [5.74, 6) is -1.11. The van der Waals surface area contributed by atoms with E-state index < -0.39 is 23.6 Å². The number of carbonyl (C=O) groups is 1. The molecule has 1 aromatic heterocycles. The lowest BCUT2D eigenvalue weighted by Crippen LogP contribution is -2.51. The third kappa shape index (κ3) is 4.19. The van der Waals surface area contributed by atoms with Crippen LogP contribution in [0.15, 0.2) is 30.7 Å². The first-order valence-electron chi connectivity index (χ1n) is 9.01. The number of rotatable bonds is 4. The van der Waals surface area contributed by atoms with Gasteiger partial charge >= 0.3 is 6.18 Å². The van der Waals surface area contributed by atoms with Crippen LogP contribution in [0.25, 0.3) is 0 Å². The predicted octanol–water partition coefficient (Wildman–Crippen LogP) is 3.78. The molecule has 1 amide bonds. The molecule has 3 rings (SSSR count). The maximum atomic E-state index is 14.5. The van der Waals surface area contributed by atoms with Crippen molar-refractivity contribution >= 4 is 5.91 Å². The second-order valence-electron chi connectivity index (χ2n) is 7.38. The molecule has 1 aliphatic rings. The van der Waals surface area contributed by atoms with Gasteiger partial charge in [0.1, 0.15) is 5.82 Å². The van der Waals surface area contributed by atoms with Crippen LogP contribution < -0.4 is 10.6 Å². The summed E-state index contributed by atoms with van der Waals surface area (Å²) in [4.78, 5) is 16.1. The zero-order chi connectivity index (χ0) is 20.6. The first kappa shape index (κ1) is 20.3. The highest BCUT2D eigenvalue weighted by Crippen LogP contribution is 2.34. The standard InChI is InChI=1S/C19H22F4N4O/c1-10(2)18(13-5-4-12(6-14(13)20)19(21,22)23)27-8-16(24-9-27)15-7-17(28)26-11(3)25-15/h4-6,8-11,15,18,25H,7H2,1-3H3,(H,26,28). The Bertz CT molecular complexity index is 862. The van der Waals surface area contributed by atoms with Gasteiger partial charge in [0, 0.05) is 18.2 Å². The van der Waals surface area contributed by atoms with Crippen molar-refractivity contribution in [2.24, 2.45) is 5.92 Å². The molecule has 3 atom stereocenters. The first-order chi connectivity index (χ1) is 13.1. The van der Waals surface area contributed by atoms with Crippen molar-refractivity contribution in [3.8, 4) is 0 Å². The van der Waals surface area contributed by atoms with Crippen molar-refractivity contribution in [1.29, 1.82) is 0 Å². The van der Waals surface area contributed by atoms with E-state index in [2.05, 4.69) is 15.6 Å². The van der Waals surface area contributed by atoms with Crippen molar-refractivity contribution in [2.45, 2.75) is 51.6 Å². The van der Waals surface area contributed by atoms with E-state index in [1.165, 1.54) is 12.4 Å². The minimum absolute atomic E-state index is 0.0972. The first-order valence-corrected chi connectivity index (χ1v) is 9.01. The monoisotopic (exact) mass is 398 g/mol. The third-order valence-corrected chi connectivity index (χ3v) is 4.80. The van der Waals surface area contributed by atoms with Gasteiger partial charge in [-0.15, -0.1) is 0 Å². The molecule has 1 saturated heterocycles. The Morgan fingerprint density at radius 3 is 2.57 bits per heavy atom. The highest BCUT2D eigenvalue weighted by molar-refractivity contribution is 5.77. The summed E-state index contributed by atoms with van der Waals surface area (Å²) >= 11 is 0. The Balaban J connectivity index is 1.92. The van der Waals surface area contributed by atoms with Gasteiger partial charge in [0.15, 0.2) is 0 Å². The smallest absolute Gasteiger partial charge is 0.341 e. The van der Waals surface area contributed by atoms with E-state index in [1.807, 2.05) is 20.8 Å². The molecular formula is C19H22F4N4O. The number of imidazole rings is 1. The summed E-state index contributed by atoms with van der Waals surface area (Å²) in [5.41, 5.74) is -0.233. The van der Waals surface area contributed by atoms with Crippen molar-refractivity contribution in [1.82, 2.24) is 20.2 Å². The van der Waals surface area contributed by atoms with E-state index in [-0.39, 0.29) is 36.0 Å². The van der Waals surface area contributed by atoms with E-state index in [4.69, 9.17) is 0 Å². The highest BCUT2D eigenvalue weighted by Gasteiger charge is 2.33. The number of aromatic nitrogens is 2. The molecule has 0 radical (unpaired) electrons. The molecule has 2 N–H and O–H groups in total. The van der Waals surface area contributed by atoms with Crippen molar-refractivity contribution in [3.63, 3.8) is 0 Å². The van der Waals surface area contributed by atoms with Gasteiger partial charge in [-0.2, -0.15) is 13.2 Å². The molecule has 5 nitrogen and oxygen atoms in total. The average molecular weight is 398 g/mol. The second kappa shape index (κ2) is 7.54. The lowest BCUT2D eigenvalue weighted by Gasteiger charge is -2.28. The Hall–Kier alpha value is -2.42. The molecule has 1 aliphatic heterocycles. The van der Waals surface area contributed by atoms with Crippen molar-refractivity contribution in [3.05, 3.63) is 53.4 Å². The van der Waals surface area contributed by atoms with Gasteiger partial charge in [-0.1, -0.05) is 19.9 Å². The Morgan fingerprint density at radius 1 is 1.29 bits per heavy atom. The quantitative estimate of drug-likeness (QED) is 0.771. The largest absolute Gasteiger partial charge is 0.416 e. The average Bonchev–Trinajstić information content (AvgIpc) is 3.04. The Labute approximate surface area is 160 Å². The molecule has 2 aromatic rings. The summed E-state index contributed by atoms with van der Waals surface area (Å²) in [6, 6.07) is 1.78. The van der Waals surface area contributed by atoms with Gasteiger partial charge in [0.05, 0.1) is 35.8 Å². The Morgan fingerprint density at radius 2 is 2.00 bits per heavy atom. The van der Waals surface area contributed by atoms with Gasteiger partial charge in [-0.3, -0.25) is 10.1 Å². The van der Waals surface area contributed by atoms with Gasteiger partial charge in [0.25, 0.3) is 0 Å². The van der Waals surface area contributed by atoms with Crippen molar-refractivity contribution < 1.29 is 22.4 Å². The molecule has 9 heteroatoms. The minimum Gasteiger partial charge on any atom is -0.341 e. The lowest BCUT2D eigenvalue weighted by atomic mass is 9.94. The van der Waals surface area contributed by atoms with E-state index in [9.17, 15) is 22.4 Å². The number of nitrogens with zero attached hydrogens (tertiary/aromatic N) is 2. The third-order valence-electron chi connectivity index (χ3n) is 4.80. The number of alkyl halides is 3. The van der Waals surface area contributed by atoms with E-state index >= 15 is 0 Å². The normalized spacial score (nSPS) is 21.6. The van der Waals surface area contributed by atoms with Crippen LogP contribution in [0.3, 0.4) is 0 Å². The predicted molar refractivity (Wildman–Crippen MR) is 94.7 cm³/mol. The number of halogens is 4. The fraction of sp³-hybridized carbons (Fsp3) is 0.474. The highest BCUT2D eigenvalue weighted by atomic mass is 19.4. The maximum absolute atomic E-state index is 14.5. The molecular weight excluding hydrogens is 376 g/mol. The molecule has 2 heterocycles. The van der Waals surface area contributed by atoms with Gasteiger partial charge in [-0.25, -0.2) is 9.37 Å². The zero-order valence-corrected chi connectivity index (χ0v) is 15.7. The van der Waals surface area contributed by atoms with Crippen LogP contribution >= 0.6 is 0 Å². The lowest BCUT2D eigenvalue weighted by molar-refractivity contribution is -0.137. The maximum Gasteiger partial charge on any atom is 0.416 e.